The molecule has 3 atom stereocenters. The molecule has 4 nitrogen and oxygen atoms in total. The molecule has 60 valence electrons. The van der Waals surface area contributed by atoms with Crippen LogP contribution in [0.2, 0.25) is 0 Å². The van der Waals surface area contributed by atoms with Crippen molar-refractivity contribution in [3.8, 4) is 0 Å². The van der Waals surface area contributed by atoms with Crippen LogP contribution in [-0.4, -0.2) is 40.4 Å². The monoisotopic (exact) mass is 148 g/mol. The van der Waals surface area contributed by atoms with E-state index in [1.807, 2.05) is 0 Å². The highest BCUT2D eigenvalue weighted by molar-refractivity contribution is 4.70. The Balaban J connectivity index is 2.33. The molecule has 0 amide bonds. The van der Waals surface area contributed by atoms with E-state index in [4.69, 9.17) is 20.1 Å². The van der Waals surface area contributed by atoms with E-state index in [9.17, 15) is 0 Å². The van der Waals surface area contributed by atoms with Crippen molar-refractivity contribution < 1.29 is 20.1 Å². The maximum Gasteiger partial charge on any atom is 0.181 e. The summed E-state index contributed by atoms with van der Waals surface area (Å²) in [7, 11) is 0. The van der Waals surface area contributed by atoms with E-state index in [2.05, 4.69) is 0 Å². The van der Waals surface area contributed by atoms with Crippen LogP contribution < -0.4 is 0 Å². The van der Waals surface area contributed by atoms with Crippen molar-refractivity contribution >= 4 is 0 Å². The normalized spacial score (nSPS) is 41.7. The third-order valence-corrected chi connectivity index (χ3v) is 1.65. The van der Waals surface area contributed by atoms with Crippen LogP contribution in [0.5, 0.6) is 0 Å². The predicted octanol–water partition coefficient (Wildman–Crippen LogP) is -1.16. The van der Waals surface area contributed by atoms with Crippen molar-refractivity contribution in [3.05, 3.63) is 0 Å². The second-order valence-electron chi connectivity index (χ2n) is 2.48. The van der Waals surface area contributed by atoms with Gasteiger partial charge in [0.2, 0.25) is 0 Å². The zero-order valence-corrected chi connectivity index (χ0v) is 5.60. The van der Waals surface area contributed by atoms with E-state index in [1.165, 1.54) is 0 Å². The van der Waals surface area contributed by atoms with E-state index in [1.54, 1.807) is 0 Å². The zero-order valence-electron chi connectivity index (χ0n) is 5.60. The lowest BCUT2D eigenvalue weighted by Gasteiger charge is -2.29. The van der Waals surface area contributed by atoms with Gasteiger partial charge in [-0.3, -0.25) is 0 Å². The van der Waals surface area contributed by atoms with Crippen LogP contribution in [0.15, 0.2) is 0 Å². The van der Waals surface area contributed by atoms with Crippen LogP contribution in [0.3, 0.4) is 0 Å². The first-order chi connectivity index (χ1) is 4.74. The summed E-state index contributed by atoms with van der Waals surface area (Å²) in [5.41, 5.74) is 0. The Kier molecular flexibility index (Phi) is 2.62. The minimum atomic E-state index is -1.12. The average Bonchev–Trinajstić information content (AvgIpc) is 1.95. The Hall–Kier alpha value is -0.160. The molecule has 1 heterocycles. The molecule has 3 N–H and O–H groups in total. The molecule has 0 aromatic rings. The number of hydrogen-bond donors (Lipinski definition) is 3. The first-order valence-electron chi connectivity index (χ1n) is 3.36. The molecule has 0 aliphatic carbocycles. The number of aliphatic hydroxyl groups excluding tert-OH is 3. The van der Waals surface area contributed by atoms with Crippen molar-refractivity contribution in [2.45, 2.75) is 31.3 Å². The molecule has 0 aromatic heterocycles. The lowest BCUT2D eigenvalue weighted by molar-refractivity contribution is -0.221. The van der Waals surface area contributed by atoms with Crippen LogP contribution in [0.1, 0.15) is 12.8 Å². The van der Waals surface area contributed by atoms with E-state index < -0.39 is 12.4 Å². The Morgan fingerprint density at radius 2 is 2.00 bits per heavy atom. The number of ether oxygens (including phenoxy) is 1. The Morgan fingerprint density at radius 1 is 1.30 bits per heavy atom. The van der Waals surface area contributed by atoms with E-state index in [-0.39, 0.29) is 12.7 Å². The summed E-state index contributed by atoms with van der Waals surface area (Å²) in [4.78, 5) is 0. The van der Waals surface area contributed by atoms with Gasteiger partial charge in [0, 0.05) is 0 Å². The third kappa shape index (κ3) is 1.67. The van der Waals surface area contributed by atoms with Crippen LogP contribution in [0, 0.1) is 0 Å². The van der Waals surface area contributed by atoms with Crippen molar-refractivity contribution in [1.82, 2.24) is 0 Å². The molecule has 1 aliphatic rings. The molecular weight excluding hydrogens is 136 g/mol. The summed E-state index contributed by atoms with van der Waals surface area (Å²) in [6.45, 7) is -0.0935. The van der Waals surface area contributed by atoms with Gasteiger partial charge < -0.3 is 20.1 Å². The predicted molar refractivity (Wildman–Crippen MR) is 33.2 cm³/mol. The fourth-order valence-corrected chi connectivity index (χ4v) is 0.989. The highest BCUT2D eigenvalue weighted by Gasteiger charge is 2.27. The summed E-state index contributed by atoms with van der Waals surface area (Å²) in [6, 6.07) is 0. The van der Waals surface area contributed by atoms with Gasteiger partial charge in [-0.15, -0.1) is 0 Å². The number of hydrogen-bond acceptors (Lipinski definition) is 4. The van der Waals surface area contributed by atoms with Gasteiger partial charge in [-0.05, 0) is 12.8 Å². The van der Waals surface area contributed by atoms with Crippen molar-refractivity contribution in [2.24, 2.45) is 0 Å². The minimum absolute atomic E-state index is 0.0935. The van der Waals surface area contributed by atoms with Gasteiger partial charge in [0.25, 0.3) is 0 Å². The second-order valence-corrected chi connectivity index (χ2v) is 2.48. The van der Waals surface area contributed by atoms with Gasteiger partial charge in [0.05, 0.1) is 12.7 Å². The van der Waals surface area contributed by atoms with Gasteiger partial charge in [0.15, 0.2) is 6.29 Å². The molecule has 1 saturated heterocycles. The van der Waals surface area contributed by atoms with Crippen LogP contribution in [0.25, 0.3) is 0 Å². The van der Waals surface area contributed by atoms with Crippen LogP contribution in [0.4, 0.5) is 0 Å². The maximum atomic E-state index is 8.93. The standard InChI is InChI=1S/C6H12O4/c7-3-4-1-2-5(8)6(9)10-4/h4-9H,1-3H2/t4-,5?,6?/m0/s1. The Labute approximate surface area is 59.1 Å². The minimum Gasteiger partial charge on any atom is -0.394 e. The summed E-state index contributed by atoms with van der Waals surface area (Å²) >= 11 is 0. The fourth-order valence-electron chi connectivity index (χ4n) is 0.989. The first kappa shape index (κ1) is 7.94. The molecule has 0 radical (unpaired) electrons. The first-order valence-corrected chi connectivity index (χ1v) is 3.36. The van der Waals surface area contributed by atoms with Gasteiger partial charge in [-0.2, -0.15) is 0 Å². The van der Waals surface area contributed by atoms with Gasteiger partial charge >= 0.3 is 0 Å². The third-order valence-electron chi connectivity index (χ3n) is 1.65. The molecule has 1 aliphatic heterocycles. The van der Waals surface area contributed by atoms with Gasteiger partial charge in [0.1, 0.15) is 6.10 Å². The molecule has 0 aromatic carbocycles. The number of aliphatic hydroxyl groups is 3. The maximum absolute atomic E-state index is 8.93. The highest BCUT2D eigenvalue weighted by atomic mass is 16.6. The molecule has 0 spiro atoms. The molecule has 4 heteroatoms. The van der Waals surface area contributed by atoms with Gasteiger partial charge in [-0.25, -0.2) is 0 Å². The van der Waals surface area contributed by atoms with Crippen molar-refractivity contribution in [1.29, 1.82) is 0 Å². The topological polar surface area (TPSA) is 69.9 Å². The second kappa shape index (κ2) is 3.30. The lowest BCUT2D eigenvalue weighted by atomic mass is 10.1. The summed E-state index contributed by atoms with van der Waals surface area (Å²) in [5.74, 6) is 0. The van der Waals surface area contributed by atoms with E-state index in [0.29, 0.717) is 12.8 Å². The largest absolute Gasteiger partial charge is 0.394 e. The van der Waals surface area contributed by atoms with Crippen LogP contribution >= 0.6 is 0 Å². The smallest absolute Gasteiger partial charge is 0.181 e. The van der Waals surface area contributed by atoms with Crippen molar-refractivity contribution in [3.63, 3.8) is 0 Å². The fraction of sp³-hybridized carbons (Fsp3) is 1.00. The highest BCUT2D eigenvalue weighted by Crippen LogP contribution is 2.17. The molecular formula is C6H12O4. The summed E-state index contributed by atoms with van der Waals surface area (Å²) < 4.78 is 4.80. The molecule has 10 heavy (non-hydrogen) atoms. The van der Waals surface area contributed by atoms with Crippen LogP contribution in [-0.2, 0) is 4.74 Å². The number of rotatable bonds is 1. The summed E-state index contributed by atoms with van der Waals surface area (Å²) in [5, 5.41) is 26.4. The molecule has 2 unspecified atom stereocenters. The molecule has 0 saturated carbocycles. The molecule has 0 bridgehead atoms. The zero-order chi connectivity index (χ0) is 7.56. The average molecular weight is 148 g/mol. The van der Waals surface area contributed by atoms with E-state index in [0.717, 1.165) is 0 Å². The summed E-state index contributed by atoms with van der Waals surface area (Å²) in [6.07, 6.45) is -1.12. The quantitative estimate of drug-likeness (QED) is 0.438. The van der Waals surface area contributed by atoms with E-state index >= 15 is 0 Å². The lowest BCUT2D eigenvalue weighted by Crippen LogP contribution is -2.39. The Morgan fingerprint density at radius 3 is 2.50 bits per heavy atom. The molecule has 1 rings (SSSR count). The Bertz CT molecular complexity index is 106. The molecule has 1 fully saturated rings. The van der Waals surface area contributed by atoms with Gasteiger partial charge in [-0.1, -0.05) is 0 Å². The SMILES string of the molecule is OC[C@@H]1CCC(O)C(O)O1. The van der Waals surface area contributed by atoms with Crippen molar-refractivity contribution in [2.75, 3.05) is 6.61 Å².